The number of alkyl halides is 3. The third-order valence-corrected chi connectivity index (χ3v) is 1.80. The quantitative estimate of drug-likeness (QED) is 0.687. The van der Waals surface area contributed by atoms with Crippen LogP contribution in [0.1, 0.15) is 12.8 Å². The zero-order valence-electron chi connectivity index (χ0n) is 6.10. The van der Waals surface area contributed by atoms with E-state index in [-0.39, 0.29) is 12.8 Å². The molecule has 0 spiro atoms. The number of ether oxygens (including phenoxy) is 1. The van der Waals surface area contributed by atoms with Crippen LogP contribution < -0.4 is 5.73 Å². The maximum absolute atomic E-state index is 11.5. The second-order valence-electron chi connectivity index (χ2n) is 2.76. The Bertz CT molecular complexity index is 186. The van der Waals surface area contributed by atoms with E-state index in [1.807, 2.05) is 0 Å². The van der Waals surface area contributed by atoms with Gasteiger partial charge in [0.25, 0.3) is 0 Å². The Morgan fingerprint density at radius 3 is 2.25 bits per heavy atom. The van der Waals surface area contributed by atoms with Crippen LogP contribution in [0.3, 0.4) is 0 Å². The molecule has 0 unspecified atom stereocenters. The number of primary amides is 1. The van der Waals surface area contributed by atoms with E-state index in [0.29, 0.717) is 0 Å². The number of carbonyl (C=O) groups excluding carboxylic acids is 1. The molecule has 70 valence electrons. The van der Waals surface area contributed by atoms with E-state index < -0.39 is 24.3 Å². The maximum Gasteiger partial charge on any atom is 0.522 e. The molecule has 0 bridgehead atoms. The monoisotopic (exact) mass is 183 g/mol. The normalized spacial score (nSPS) is 29.6. The van der Waals surface area contributed by atoms with Crippen molar-refractivity contribution >= 4 is 5.91 Å². The van der Waals surface area contributed by atoms with Gasteiger partial charge in [0.05, 0.1) is 6.10 Å². The molecule has 1 aliphatic carbocycles. The van der Waals surface area contributed by atoms with Gasteiger partial charge in [-0.15, -0.1) is 13.2 Å². The average Bonchev–Trinajstić information content (AvgIpc) is 1.74. The van der Waals surface area contributed by atoms with Crippen molar-refractivity contribution in [1.82, 2.24) is 0 Å². The van der Waals surface area contributed by atoms with E-state index in [0.717, 1.165) is 0 Å². The molecule has 1 rings (SSSR count). The Morgan fingerprint density at radius 2 is 1.92 bits per heavy atom. The minimum atomic E-state index is -4.60. The molecule has 1 amide bonds. The zero-order chi connectivity index (χ0) is 9.35. The van der Waals surface area contributed by atoms with Crippen molar-refractivity contribution in [1.29, 1.82) is 0 Å². The van der Waals surface area contributed by atoms with Crippen molar-refractivity contribution in [2.45, 2.75) is 25.3 Å². The van der Waals surface area contributed by atoms with E-state index in [4.69, 9.17) is 5.73 Å². The van der Waals surface area contributed by atoms with Crippen molar-refractivity contribution in [3.8, 4) is 0 Å². The molecule has 0 aromatic carbocycles. The van der Waals surface area contributed by atoms with Crippen molar-refractivity contribution in [2.24, 2.45) is 11.7 Å². The van der Waals surface area contributed by atoms with Crippen LogP contribution in [0.15, 0.2) is 0 Å². The van der Waals surface area contributed by atoms with Crippen molar-refractivity contribution in [3.63, 3.8) is 0 Å². The number of amides is 1. The van der Waals surface area contributed by atoms with Crippen molar-refractivity contribution in [3.05, 3.63) is 0 Å². The Labute approximate surface area is 66.7 Å². The van der Waals surface area contributed by atoms with Gasteiger partial charge in [-0.1, -0.05) is 0 Å². The Morgan fingerprint density at radius 1 is 1.42 bits per heavy atom. The number of halogens is 3. The number of hydrogen-bond donors (Lipinski definition) is 1. The summed E-state index contributed by atoms with van der Waals surface area (Å²) in [6, 6.07) is 0. The maximum atomic E-state index is 11.5. The minimum Gasteiger partial charge on any atom is -0.369 e. The van der Waals surface area contributed by atoms with Crippen LogP contribution >= 0.6 is 0 Å². The second kappa shape index (κ2) is 2.93. The number of carbonyl (C=O) groups is 1. The second-order valence-corrected chi connectivity index (χ2v) is 2.76. The highest BCUT2D eigenvalue weighted by Gasteiger charge is 2.41. The van der Waals surface area contributed by atoms with Crippen LogP contribution in [0.2, 0.25) is 0 Å². The number of hydrogen-bond acceptors (Lipinski definition) is 2. The summed E-state index contributed by atoms with van der Waals surface area (Å²) in [5, 5.41) is 0. The van der Waals surface area contributed by atoms with Crippen molar-refractivity contribution in [2.75, 3.05) is 0 Å². The summed E-state index contributed by atoms with van der Waals surface area (Å²) in [6.07, 6.45) is -5.33. The fraction of sp³-hybridized carbons (Fsp3) is 0.833. The van der Waals surface area contributed by atoms with Crippen LogP contribution in [-0.2, 0) is 9.53 Å². The van der Waals surface area contributed by atoms with E-state index in [1.54, 1.807) is 0 Å². The van der Waals surface area contributed by atoms with Crippen LogP contribution in [0.25, 0.3) is 0 Å². The Balaban J connectivity index is 2.22. The van der Waals surface area contributed by atoms with E-state index in [1.165, 1.54) is 0 Å². The highest BCUT2D eigenvalue weighted by molar-refractivity contribution is 5.77. The molecule has 1 saturated carbocycles. The van der Waals surface area contributed by atoms with Gasteiger partial charge in [0.1, 0.15) is 0 Å². The summed E-state index contributed by atoms with van der Waals surface area (Å²) in [6.45, 7) is 0. The topological polar surface area (TPSA) is 52.3 Å². The highest BCUT2D eigenvalue weighted by Crippen LogP contribution is 2.34. The van der Waals surface area contributed by atoms with Crippen LogP contribution in [0.4, 0.5) is 13.2 Å². The molecule has 6 heteroatoms. The Hall–Kier alpha value is -0.780. The summed E-state index contributed by atoms with van der Waals surface area (Å²) in [7, 11) is 0. The molecule has 12 heavy (non-hydrogen) atoms. The summed E-state index contributed by atoms with van der Waals surface area (Å²) < 4.78 is 38.2. The van der Waals surface area contributed by atoms with Crippen LogP contribution in [-0.4, -0.2) is 18.4 Å². The standard InChI is InChI=1S/C6H8F3NO2/c7-6(8,9)12-4-1-3(2-4)5(10)11/h3-4H,1-2H2,(H2,10,11). The van der Waals surface area contributed by atoms with Crippen LogP contribution in [0.5, 0.6) is 0 Å². The predicted molar refractivity (Wildman–Crippen MR) is 32.8 cm³/mol. The molecule has 1 aliphatic rings. The van der Waals surface area contributed by atoms with Gasteiger partial charge in [-0.05, 0) is 12.8 Å². The first-order valence-corrected chi connectivity index (χ1v) is 3.42. The van der Waals surface area contributed by atoms with E-state index in [9.17, 15) is 18.0 Å². The van der Waals surface area contributed by atoms with Crippen LogP contribution in [0, 0.1) is 5.92 Å². The first-order chi connectivity index (χ1) is 5.38. The molecule has 1 fully saturated rings. The van der Waals surface area contributed by atoms with Gasteiger partial charge in [-0.3, -0.25) is 9.53 Å². The average molecular weight is 183 g/mol. The number of rotatable bonds is 2. The molecule has 0 aromatic heterocycles. The number of nitrogens with two attached hydrogens (primary N) is 1. The smallest absolute Gasteiger partial charge is 0.369 e. The predicted octanol–water partition coefficient (Wildman–Crippen LogP) is 0.787. The summed E-state index contributed by atoms with van der Waals surface area (Å²) >= 11 is 0. The summed E-state index contributed by atoms with van der Waals surface area (Å²) in [4.78, 5) is 10.4. The minimum absolute atomic E-state index is 0.0782. The largest absolute Gasteiger partial charge is 0.522 e. The fourth-order valence-corrected chi connectivity index (χ4v) is 1.08. The van der Waals surface area contributed by atoms with Gasteiger partial charge >= 0.3 is 6.36 Å². The van der Waals surface area contributed by atoms with Gasteiger partial charge in [0.2, 0.25) is 5.91 Å². The molecule has 0 saturated heterocycles. The lowest BCUT2D eigenvalue weighted by Gasteiger charge is -2.32. The van der Waals surface area contributed by atoms with Crippen molar-refractivity contribution < 1.29 is 22.7 Å². The Kier molecular flexibility index (Phi) is 2.27. The molecule has 0 aromatic rings. The molecule has 0 radical (unpaired) electrons. The van der Waals surface area contributed by atoms with Gasteiger partial charge < -0.3 is 5.73 Å². The molecule has 2 N–H and O–H groups in total. The third kappa shape index (κ3) is 2.37. The summed E-state index contributed by atoms with van der Waals surface area (Å²) in [5.41, 5.74) is 4.85. The van der Waals surface area contributed by atoms with E-state index >= 15 is 0 Å². The fourth-order valence-electron chi connectivity index (χ4n) is 1.08. The first-order valence-electron chi connectivity index (χ1n) is 3.42. The lowest BCUT2D eigenvalue weighted by molar-refractivity contribution is -0.353. The van der Waals surface area contributed by atoms with Gasteiger partial charge in [0, 0.05) is 5.92 Å². The van der Waals surface area contributed by atoms with Gasteiger partial charge in [0.15, 0.2) is 0 Å². The molecular formula is C6H8F3NO2. The SMILES string of the molecule is NC(=O)C1CC(OC(F)(F)F)C1. The lowest BCUT2D eigenvalue weighted by Crippen LogP contribution is -2.42. The third-order valence-electron chi connectivity index (χ3n) is 1.80. The highest BCUT2D eigenvalue weighted by atomic mass is 19.4. The summed E-state index contributed by atoms with van der Waals surface area (Å²) in [5.74, 6) is -1.01. The van der Waals surface area contributed by atoms with E-state index in [2.05, 4.69) is 4.74 Å². The molecule has 3 nitrogen and oxygen atoms in total. The first kappa shape index (κ1) is 9.31. The van der Waals surface area contributed by atoms with Gasteiger partial charge in [-0.2, -0.15) is 0 Å². The molecular weight excluding hydrogens is 175 g/mol. The molecule has 0 aliphatic heterocycles. The van der Waals surface area contributed by atoms with Gasteiger partial charge in [-0.25, -0.2) is 0 Å². The zero-order valence-corrected chi connectivity index (χ0v) is 6.10. The lowest BCUT2D eigenvalue weighted by atomic mass is 9.82. The molecule has 0 heterocycles. The molecule has 0 atom stereocenters.